The van der Waals surface area contributed by atoms with Crippen molar-refractivity contribution in [2.45, 2.75) is 17.4 Å². The molecule has 0 unspecified atom stereocenters. The van der Waals surface area contributed by atoms with Gasteiger partial charge in [0.25, 0.3) is 15.9 Å². The van der Waals surface area contributed by atoms with Crippen LogP contribution in [0.15, 0.2) is 78.0 Å². The summed E-state index contributed by atoms with van der Waals surface area (Å²) in [4.78, 5) is 33.0. The highest BCUT2D eigenvalue weighted by Crippen LogP contribution is 2.27. The Labute approximate surface area is 216 Å². The van der Waals surface area contributed by atoms with Crippen molar-refractivity contribution >= 4 is 50.2 Å². The van der Waals surface area contributed by atoms with Crippen LogP contribution in [-0.4, -0.2) is 41.4 Å². The number of benzene rings is 3. The van der Waals surface area contributed by atoms with Crippen molar-refractivity contribution in [2.24, 2.45) is 0 Å². The van der Waals surface area contributed by atoms with Crippen LogP contribution in [-0.2, 0) is 21.2 Å². The molecule has 0 spiro atoms. The predicted octanol–water partition coefficient (Wildman–Crippen LogP) is 3.38. The molecule has 4 aromatic rings. The largest absolute Gasteiger partial charge is 0.480 e. The fraction of sp³-hybridized carbons (Fsp3) is 0.0800. The number of rotatable bonds is 8. The minimum atomic E-state index is -4.25. The highest BCUT2D eigenvalue weighted by atomic mass is 35.5. The molecule has 0 aliphatic heterocycles. The van der Waals surface area contributed by atoms with Gasteiger partial charge < -0.3 is 10.4 Å². The number of sulfonamides is 1. The molecule has 0 aliphatic carbocycles. The van der Waals surface area contributed by atoms with Gasteiger partial charge in [0.2, 0.25) is 0 Å². The monoisotopic (exact) mass is 535 g/mol. The average Bonchev–Trinajstić information content (AvgIpc) is 2.87. The molecule has 12 heteroatoms. The first-order valence-electron chi connectivity index (χ1n) is 10.7. The Balaban J connectivity index is 1.64. The number of nitriles is 1. The zero-order chi connectivity index (χ0) is 26.6. The molecular formula is C25H18ClN5O5S. The molecule has 10 nitrogen and oxygen atoms in total. The quantitative estimate of drug-likeness (QED) is 0.309. The van der Waals surface area contributed by atoms with E-state index in [0.29, 0.717) is 16.6 Å². The molecule has 1 heterocycles. The third-order valence-corrected chi connectivity index (χ3v) is 6.95. The van der Waals surface area contributed by atoms with Gasteiger partial charge in [-0.15, -0.1) is 0 Å². The molecule has 3 N–H and O–H groups in total. The normalized spacial score (nSPS) is 11.9. The fourth-order valence-corrected chi connectivity index (χ4v) is 5.03. The lowest BCUT2D eigenvalue weighted by Crippen LogP contribution is -2.42. The second-order valence-corrected chi connectivity index (χ2v) is 9.94. The lowest BCUT2D eigenvalue weighted by Gasteiger charge is -2.17. The first-order valence-corrected chi connectivity index (χ1v) is 12.6. The molecule has 37 heavy (non-hydrogen) atoms. The Hall–Kier alpha value is -4.53. The van der Waals surface area contributed by atoms with E-state index in [0.717, 1.165) is 0 Å². The van der Waals surface area contributed by atoms with Gasteiger partial charge in [0.1, 0.15) is 16.5 Å². The smallest absolute Gasteiger partial charge is 0.326 e. The third-order valence-electron chi connectivity index (χ3n) is 5.32. The lowest BCUT2D eigenvalue weighted by atomic mass is 10.0. The molecule has 3 aromatic carbocycles. The van der Waals surface area contributed by atoms with Crippen LogP contribution in [0.1, 0.15) is 21.5 Å². The van der Waals surface area contributed by atoms with E-state index in [-0.39, 0.29) is 33.1 Å². The molecule has 4 rings (SSSR count). The number of carboxylic acid groups (broad SMARTS) is 1. The van der Waals surface area contributed by atoms with Crippen LogP contribution in [0.4, 0.5) is 5.69 Å². The standard InChI is InChI=1S/C25H18ClN5O5S/c26-17-7-8-18(24(32)30-21(25(33)34)12-15-3-1-4-16(11-15)14-27)20(13-17)31-37(35,36)22-6-2-5-19-23(22)29-10-9-28-19/h1-11,13,21,31H,12H2,(H,30,32)(H,33,34)/t21-/m0/s1. The van der Waals surface area contributed by atoms with E-state index in [9.17, 15) is 23.1 Å². The molecular weight excluding hydrogens is 518 g/mol. The Morgan fingerprint density at radius 2 is 1.81 bits per heavy atom. The number of aliphatic carboxylic acids is 1. The zero-order valence-corrected chi connectivity index (χ0v) is 20.5. The summed E-state index contributed by atoms with van der Waals surface area (Å²) in [6, 6.07) is 15.3. The molecule has 1 atom stereocenters. The predicted molar refractivity (Wildman–Crippen MR) is 136 cm³/mol. The van der Waals surface area contributed by atoms with E-state index in [2.05, 4.69) is 20.0 Å². The van der Waals surface area contributed by atoms with Crippen molar-refractivity contribution in [1.82, 2.24) is 15.3 Å². The number of aromatic nitrogens is 2. The van der Waals surface area contributed by atoms with Gasteiger partial charge in [-0.25, -0.2) is 13.2 Å². The van der Waals surface area contributed by atoms with Crippen molar-refractivity contribution in [3.05, 3.63) is 94.8 Å². The van der Waals surface area contributed by atoms with Crippen LogP contribution in [0.5, 0.6) is 0 Å². The number of anilines is 1. The summed E-state index contributed by atoms with van der Waals surface area (Å²) in [7, 11) is -4.25. The van der Waals surface area contributed by atoms with Crippen LogP contribution >= 0.6 is 11.6 Å². The van der Waals surface area contributed by atoms with Gasteiger partial charge in [0, 0.05) is 23.8 Å². The molecule has 0 fully saturated rings. The Kier molecular flexibility index (Phi) is 7.33. The fourth-order valence-electron chi connectivity index (χ4n) is 3.62. The topological polar surface area (TPSA) is 162 Å². The summed E-state index contributed by atoms with van der Waals surface area (Å²) >= 11 is 6.07. The second kappa shape index (κ2) is 10.6. The Bertz CT molecular complexity index is 1660. The van der Waals surface area contributed by atoms with Crippen LogP contribution in [0.25, 0.3) is 11.0 Å². The number of fused-ring (bicyclic) bond motifs is 1. The molecule has 186 valence electrons. The molecule has 0 aliphatic rings. The second-order valence-electron chi connectivity index (χ2n) is 7.86. The van der Waals surface area contributed by atoms with Crippen molar-refractivity contribution in [3.63, 3.8) is 0 Å². The molecule has 0 radical (unpaired) electrons. The summed E-state index contributed by atoms with van der Waals surface area (Å²) < 4.78 is 28.9. The minimum absolute atomic E-state index is 0.0973. The zero-order valence-electron chi connectivity index (χ0n) is 18.9. The highest BCUT2D eigenvalue weighted by Gasteiger charge is 2.25. The van der Waals surface area contributed by atoms with E-state index >= 15 is 0 Å². The van der Waals surface area contributed by atoms with Crippen molar-refractivity contribution in [2.75, 3.05) is 4.72 Å². The van der Waals surface area contributed by atoms with Crippen LogP contribution in [0.2, 0.25) is 5.02 Å². The molecule has 0 saturated carbocycles. The highest BCUT2D eigenvalue weighted by molar-refractivity contribution is 7.93. The summed E-state index contributed by atoms with van der Waals surface area (Å²) in [5.74, 6) is -2.14. The summed E-state index contributed by atoms with van der Waals surface area (Å²) in [6.45, 7) is 0. The van der Waals surface area contributed by atoms with E-state index in [4.69, 9.17) is 16.9 Å². The average molecular weight is 536 g/mol. The van der Waals surface area contributed by atoms with Gasteiger partial charge in [0.15, 0.2) is 0 Å². The van der Waals surface area contributed by atoms with Gasteiger partial charge in [-0.05, 0) is 48.0 Å². The van der Waals surface area contributed by atoms with Gasteiger partial charge >= 0.3 is 5.97 Å². The number of carboxylic acids is 1. The van der Waals surface area contributed by atoms with Crippen molar-refractivity contribution < 1.29 is 23.1 Å². The van der Waals surface area contributed by atoms with Gasteiger partial charge in [0.05, 0.1) is 28.4 Å². The lowest BCUT2D eigenvalue weighted by molar-refractivity contribution is -0.139. The Morgan fingerprint density at radius 3 is 2.57 bits per heavy atom. The van der Waals surface area contributed by atoms with E-state index in [1.807, 2.05) is 6.07 Å². The van der Waals surface area contributed by atoms with E-state index in [1.165, 1.54) is 48.8 Å². The maximum absolute atomic E-state index is 13.3. The number of hydrogen-bond donors (Lipinski definition) is 3. The van der Waals surface area contributed by atoms with Gasteiger partial charge in [-0.2, -0.15) is 5.26 Å². The number of halogens is 1. The SMILES string of the molecule is N#Cc1cccc(C[C@H](NC(=O)c2ccc(Cl)cc2NS(=O)(=O)c2cccc3nccnc23)C(=O)O)c1. The van der Waals surface area contributed by atoms with Gasteiger partial charge in [-0.3, -0.25) is 19.5 Å². The number of hydrogen-bond acceptors (Lipinski definition) is 7. The first-order chi connectivity index (χ1) is 17.7. The third kappa shape index (κ3) is 5.83. The maximum atomic E-state index is 13.3. The maximum Gasteiger partial charge on any atom is 0.326 e. The molecule has 1 aromatic heterocycles. The van der Waals surface area contributed by atoms with Crippen molar-refractivity contribution in [3.8, 4) is 6.07 Å². The number of nitrogens with one attached hydrogen (secondary N) is 2. The Morgan fingerprint density at radius 1 is 1.05 bits per heavy atom. The van der Waals surface area contributed by atoms with Crippen molar-refractivity contribution in [1.29, 1.82) is 5.26 Å². The summed E-state index contributed by atoms with van der Waals surface area (Å²) in [5.41, 5.74) is 1.08. The molecule has 1 amide bonds. The number of carbonyl (C=O) groups excluding carboxylic acids is 1. The number of amides is 1. The van der Waals surface area contributed by atoms with E-state index < -0.39 is 27.9 Å². The van der Waals surface area contributed by atoms with E-state index in [1.54, 1.807) is 24.3 Å². The number of nitrogens with zero attached hydrogens (tertiary/aromatic N) is 3. The molecule has 0 saturated heterocycles. The number of para-hydroxylation sites is 1. The summed E-state index contributed by atoms with van der Waals surface area (Å²) in [6.07, 6.45) is 2.69. The van der Waals surface area contributed by atoms with Crippen LogP contribution in [0, 0.1) is 11.3 Å². The van der Waals surface area contributed by atoms with Crippen LogP contribution in [0.3, 0.4) is 0 Å². The minimum Gasteiger partial charge on any atom is -0.480 e. The summed E-state index contributed by atoms with van der Waals surface area (Å²) in [5, 5.41) is 21.3. The first kappa shape index (κ1) is 25.6. The molecule has 0 bridgehead atoms. The van der Waals surface area contributed by atoms with Gasteiger partial charge in [-0.1, -0.05) is 29.8 Å². The number of carbonyl (C=O) groups is 2. The van der Waals surface area contributed by atoms with Crippen LogP contribution < -0.4 is 10.0 Å².